The summed E-state index contributed by atoms with van der Waals surface area (Å²) in [5.74, 6) is 0.335. The second-order valence-electron chi connectivity index (χ2n) is 5.80. The van der Waals surface area contributed by atoms with E-state index in [-0.39, 0.29) is 17.9 Å². The molecule has 0 bridgehead atoms. The fraction of sp³-hybridized carbons (Fsp3) is 0.263. The zero-order valence-electron chi connectivity index (χ0n) is 13.5. The van der Waals surface area contributed by atoms with Gasteiger partial charge in [-0.15, -0.1) is 0 Å². The maximum absolute atomic E-state index is 12.4. The molecule has 0 aliphatic carbocycles. The highest BCUT2D eigenvalue weighted by Gasteiger charge is 2.25. The van der Waals surface area contributed by atoms with Crippen molar-refractivity contribution in [3.05, 3.63) is 65.7 Å². The lowest BCUT2D eigenvalue weighted by molar-refractivity contribution is -0.123. The Balaban J connectivity index is 1.62. The molecule has 2 atom stereocenters. The molecule has 2 amide bonds. The number of para-hydroxylation sites is 1. The zero-order valence-corrected chi connectivity index (χ0v) is 13.5. The van der Waals surface area contributed by atoms with Crippen LogP contribution in [0.15, 0.2) is 54.6 Å². The minimum atomic E-state index is -0.618. The molecule has 0 saturated carbocycles. The predicted octanol–water partition coefficient (Wildman–Crippen LogP) is 2.44. The molecule has 0 aromatic heterocycles. The van der Waals surface area contributed by atoms with Crippen molar-refractivity contribution in [1.82, 2.24) is 10.6 Å². The van der Waals surface area contributed by atoms with Gasteiger partial charge in [0.15, 0.2) is 0 Å². The van der Waals surface area contributed by atoms with Crippen molar-refractivity contribution in [2.75, 3.05) is 6.61 Å². The Labute approximate surface area is 141 Å². The first-order chi connectivity index (χ1) is 11.6. The third kappa shape index (κ3) is 3.56. The number of rotatable bonds is 4. The van der Waals surface area contributed by atoms with Crippen LogP contribution in [0.25, 0.3) is 0 Å². The van der Waals surface area contributed by atoms with Crippen molar-refractivity contribution in [3.63, 3.8) is 0 Å². The largest absolute Gasteiger partial charge is 0.493 e. The zero-order chi connectivity index (χ0) is 16.9. The topological polar surface area (TPSA) is 67.4 Å². The smallest absolute Gasteiger partial charge is 0.251 e. The number of carbonyl (C=O) groups is 2. The standard InChI is InChI=1S/C19H20N2O3/c1-13(20-19(23)14-7-3-2-4-8-14)18(22)21-16-11-12-24-17-10-6-5-9-15(16)17/h2-10,13,16H,11-12H2,1H3,(H,20,23)(H,21,22). The molecule has 0 radical (unpaired) electrons. The van der Waals surface area contributed by atoms with Crippen LogP contribution in [-0.4, -0.2) is 24.5 Å². The Morgan fingerprint density at radius 2 is 1.79 bits per heavy atom. The summed E-state index contributed by atoms with van der Waals surface area (Å²) in [4.78, 5) is 24.6. The van der Waals surface area contributed by atoms with Crippen LogP contribution in [0.4, 0.5) is 0 Å². The molecule has 0 saturated heterocycles. The molecule has 5 nitrogen and oxygen atoms in total. The van der Waals surface area contributed by atoms with Crippen LogP contribution in [0.5, 0.6) is 5.75 Å². The molecular formula is C19H20N2O3. The van der Waals surface area contributed by atoms with Crippen LogP contribution >= 0.6 is 0 Å². The van der Waals surface area contributed by atoms with Gasteiger partial charge < -0.3 is 15.4 Å². The Kier molecular flexibility index (Phi) is 4.79. The Morgan fingerprint density at radius 1 is 1.08 bits per heavy atom. The molecule has 1 aliphatic rings. The van der Waals surface area contributed by atoms with Crippen LogP contribution in [0, 0.1) is 0 Å². The summed E-state index contributed by atoms with van der Waals surface area (Å²) in [5.41, 5.74) is 1.51. The van der Waals surface area contributed by atoms with Crippen LogP contribution in [0.1, 0.15) is 35.3 Å². The van der Waals surface area contributed by atoms with E-state index in [9.17, 15) is 9.59 Å². The highest BCUT2D eigenvalue weighted by Crippen LogP contribution is 2.31. The molecule has 0 spiro atoms. The van der Waals surface area contributed by atoms with Gasteiger partial charge in [-0.2, -0.15) is 0 Å². The SMILES string of the molecule is CC(NC(=O)c1ccccc1)C(=O)NC1CCOc2ccccc21. The molecule has 3 rings (SSSR count). The molecule has 124 valence electrons. The van der Waals surface area contributed by atoms with Crippen LogP contribution in [0.2, 0.25) is 0 Å². The highest BCUT2D eigenvalue weighted by molar-refractivity contribution is 5.97. The minimum Gasteiger partial charge on any atom is -0.493 e. The molecule has 0 fully saturated rings. The van der Waals surface area contributed by atoms with Crippen molar-refractivity contribution >= 4 is 11.8 Å². The van der Waals surface area contributed by atoms with E-state index in [0.717, 1.165) is 11.3 Å². The molecule has 2 aromatic carbocycles. The van der Waals surface area contributed by atoms with Crippen molar-refractivity contribution < 1.29 is 14.3 Å². The Bertz CT molecular complexity index is 730. The first kappa shape index (κ1) is 16.1. The van der Waals surface area contributed by atoms with E-state index < -0.39 is 6.04 Å². The minimum absolute atomic E-state index is 0.0986. The van der Waals surface area contributed by atoms with E-state index in [0.29, 0.717) is 18.6 Å². The maximum Gasteiger partial charge on any atom is 0.251 e. The summed E-state index contributed by atoms with van der Waals surface area (Å²) < 4.78 is 5.60. The normalized spacial score (nSPS) is 17.1. The highest BCUT2D eigenvalue weighted by atomic mass is 16.5. The van der Waals surface area contributed by atoms with Gasteiger partial charge in [0.05, 0.1) is 12.6 Å². The van der Waals surface area contributed by atoms with E-state index in [1.165, 1.54) is 0 Å². The van der Waals surface area contributed by atoms with Gasteiger partial charge in [-0.3, -0.25) is 9.59 Å². The van der Waals surface area contributed by atoms with Crippen molar-refractivity contribution in [2.45, 2.75) is 25.4 Å². The van der Waals surface area contributed by atoms with E-state index >= 15 is 0 Å². The second kappa shape index (κ2) is 7.17. The van der Waals surface area contributed by atoms with Gasteiger partial charge in [0.25, 0.3) is 5.91 Å². The third-order valence-electron chi connectivity index (χ3n) is 4.05. The molecule has 5 heteroatoms. The number of ether oxygens (including phenoxy) is 1. The van der Waals surface area contributed by atoms with Crippen LogP contribution in [-0.2, 0) is 4.79 Å². The third-order valence-corrected chi connectivity index (χ3v) is 4.05. The van der Waals surface area contributed by atoms with Crippen molar-refractivity contribution in [3.8, 4) is 5.75 Å². The van der Waals surface area contributed by atoms with Gasteiger partial charge >= 0.3 is 0 Å². The molecule has 2 aromatic rings. The molecular weight excluding hydrogens is 304 g/mol. The van der Waals surface area contributed by atoms with Crippen LogP contribution < -0.4 is 15.4 Å². The van der Waals surface area contributed by atoms with E-state index in [1.54, 1.807) is 31.2 Å². The van der Waals surface area contributed by atoms with E-state index in [4.69, 9.17) is 4.74 Å². The molecule has 2 N–H and O–H groups in total. The first-order valence-electron chi connectivity index (χ1n) is 8.03. The first-order valence-corrected chi connectivity index (χ1v) is 8.03. The molecule has 2 unspecified atom stereocenters. The predicted molar refractivity (Wildman–Crippen MR) is 90.8 cm³/mol. The molecule has 24 heavy (non-hydrogen) atoms. The summed E-state index contributed by atoms with van der Waals surface area (Å²) in [6.45, 7) is 2.24. The summed E-state index contributed by atoms with van der Waals surface area (Å²) in [6.07, 6.45) is 0.710. The number of fused-ring (bicyclic) bond motifs is 1. The fourth-order valence-corrected chi connectivity index (χ4v) is 2.72. The summed E-state index contributed by atoms with van der Waals surface area (Å²) in [7, 11) is 0. The van der Waals surface area contributed by atoms with Gasteiger partial charge in [0, 0.05) is 17.5 Å². The molecule has 1 aliphatic heterocycles. The summed E-state index contributed by atoms with van der Waals surface area (Å²) in [5, 5.41) is 5.73. The number of amides is 2. The number of nitrogens with one attached hydrogen (secondary N) is 2. The molecule has 1 heterocycles. The second-order valence-corrected chi connectivity index (χ2v) is 5.80. The fourth-order valence-electron chi connectivity index (χ4n) is 2.72. The number of hydrogen-bond donors (Lipinski definition) is 2. The average Bonchev–Trinajstić information content (AvgIpc) is 2.62. The number of carbonyl (C=O) groups excluding carboxylic acids is 2. The quantitative estimate of drug-likeness (QED) is 0.908. The van der Waals surface area contributed by atoms with Gasteiger partial charge in [-0.25, -0.2) is 0 Å². The number of hydrogen-bond acceptors (Lipinski definition) is 3. The van der Waals surface area contributed by atoms with Crippen molar-refractivity contribution in [2.24, 2.45) is 0 Å². The van der Waals surface area contributed by atoms with Gasteiger partial charge in [-0.1, -0.05) is 36.4 Å². The van der Waals surface area contributed by atoms with Gasteiger partial charge in [-0.05, 0) is 25.1 Å². The maximum atomic E-state index is 12.4. The van der Waals surface area contributed by atoms with Crippen LogP contribution in [0.3, 0.4) is 0 Å². The van der Waals surface area contributed by atoms with E-state index in [2.05, 4.69) is 10.6 Å². The summed E-state index contributed by atoms with van der Waals surface area (Å²) >= 11 is 0. The van der Waals surface area contributed by atoms with Gasteiger partial charge in [0.2, 0.25) is 5.91 Å². The lowest BCUT2D eigenvalue weighted by atomic mass is 10.0. The summed E-state index contributed by atoms with van der Waals surface area (Å²) in [6, 6.07) is 15.8. The van der Waals surface area contributed by atoms with E-state index in [1.807, 2.05) is 30.3 Å². The monoisotopic (exact) mass is 324 g/mol. The van der Waals surface area contributed by atoms with Gasteiger partial charge in [0.1, 0.15) is 11.8 Å². The van der Waals surface area contributed by atoms with Crippen molar-refractivity contribution in [1.29, 1.82) is 0 Å². The lowest BCUT2D eigenvalue weighted by Gasteiger charge is -2.27. The lowest BCUT2D eigenvalue weighted by Crippen LogP contribution is -2.46. The Morgan fingerprint density at radius 3 is 2.58 bits per heavy atom. The average molecular weight is 324 g/mol. The number of benzene rings is 2. The Hall–Kier alpha value is -2.82.